The molecule has 0 spiro atoms. The van der Waals surface area contributed by atoms with Gasteiger partial charge < -0.3 is 5.32 Å². The molecule has 1 atom stereocenters. The third-order valence-electron chi connectivity index (χ3n) is 2.71. The first-order valence-electron chi connectivity index (χ1n) is 5.36. The Hall–Kier alpha value is -1.61. The summed E-state index contributed by atoms with van der Waals surface area (Å²) in [6.45, 7) is 3.38. The smallest absolute Gasteiger partial charge is 0.196 e. The second-order valence-corrected chi connectivity index (χ2v) is 4.31. The van der Waals surface area contributed by atoms with Crippen LogP contribution in [0.15, 0.2) is 46.6 Å². The van der Waals surface area contributed by atoms with Crippen LogP contribution >= 0.6 is 11.6 Å². The lowest BCUT2D eigenvalue weighted by Gasteiger charge is -2.23. The standard InChI is InChI=1S/C13H13ClN2O/c1-8-11(9(2)17)12(16-13(14)15-8)10-6-4-3-5-7-10/h3-7,12H,1-2H3,(H,15,16). The molecule has 0 saturated heterocycles. The van der Waals surface area contributed by atoms with Crippen molar-refractivity contribution < 1.29 is 4.79 Å². The highest BCUT2D eigenvalue weighted by Crippen LogP contribution is 2.31. The summed E-state index contributed by atoms with van der Waals surface area (Å²) in [5.41, 5.74) is 2.41. The van der Waals surface area contributed by atoms with Crippen molar-refractivity contribution in [3.05, 3.63) is 47.2 Å². The molecular weight excluding hydrogens is 236 g/mol. The van der Waals surface area contributed by atoms with Crippen molar-refractivity contribution in [3.8, 4) is 0 Å². The fraction of sp³-hybridized carbons (Fsp3) is 0.231. The zero-order chi connectivity index (χ0) is 12.4. The number of hydrogen-bond donors (Lipinski definition) is 1. The van der Waals surface area contributed by atoms with Crippen molar-refractivity contribution in [2.75, 3.05) is 0 Å². The highest BCUT2D eigenvalue weighted by Gasteiger charge is 2.26. The number of nitrogens with zero attached hydrogens (tertiary/aromatic N) is 1. The zero-order valence-electron chi connectivity index (χ0n) is 9.70. The first-order chi connectivity index (χ1) is 8.09. The normalized spacial score (nSPS) is 19.7. The van der Waals surface area contributed by atoms with E-state index < -0.39 is 0 Å². The summed E-state index contributed by atoms with van der Waals surface area (Å²) in [5, 5.41) is 3.21. The second kappa shape index (κ2) is 4.72. The van der Waals surface area contributed by atoms with Crippen molar-refractivity contribution in [2.45, 2.75) is 19.9 Å². The van der Waals surface area contributed by atoms with Crippen molar-refractivity contribution in [1.29, 1.82) is 0 Å². The second-order valence-electron chi connectivity index (χ2n) is 3.95. The lowest BCUT2D eigenvalue weighted by atomic mass is 9.94. The molecule has 3 nitrogen and oxygen atoms in total. The Morgan fingerprint density at radius 3 is 2.59 bits per heavy atom. The van der Waals surface area contributed by atoms with Crippen molar-refractivity contribution in [1.82, 2.24) is 5.32 Å². The number of benzene rings is 1. The summed E-state index contributed by atoms with van der Waals surface area (Å²) in [7, 11) is 0. The predicted octanol–water partition coefficient (Wildman–Crippen LogP) is 2.79. The van der Waals surface area contributed by atoms with Crippen LogP contribution in [-0.4, -0.2) is 11.1 Å². The van der Waals surface area contributed by atoms with Crippen LogP contribution in [0.4, 0.5) is 0 Å². The van der Waals surface area contributed by atoms with E-state index >= 15 is 0 Å². The van der Waals surface area contributed by atoms with E-state index in [1.807, 2.05) is 37.3 Å². The molecule has 0 bridgehead atoms. The van der Waals surface area contributed by atoms with Crippen LogP contribution in [0.25, 0.3) is 0 Å². The summed E-state index contributed by atoms with van der Waals surface area (Å²) in [4.78, 5) is 16.0. The number of Topliss-reactive ketones (excluding diaryl/α,β-unsaturated/α-hetero) is 1. The fourth-order valence-corrected chi connectivity index (χ4v) is 2.21. The van der Waals surface area contributed by atoms with E-state index in [9.17, 15) is 4.79 Å². The number of hydrogen-bond acceptors (Lipinski definition) is 3. The van der Waals surface area contributed by atoms with E-state index in [2.05, 4.69) is 10.3 Å². The van der Waals surface area contributed by atoms with E-state index in [0.29, 0.717) is 10.9 Å². The van der Waals surface area contributed by atoms with Crippen LogP contribution < -0.4 is 5.32 Å². The minimum absolute atomic E-state index is 0.0109. The van der Waals surface area contributed by atoms with Crippen LogP contribution in [0.5, 0.6) is 0 Å². The molecule has 2 rings (SSSR count). The molecule has 0 amide bonds. The number of rotatable bonds is 2. The molecule has 0 aliphatic carbocycles. The zero-order valence-corrected chi connectivity index (χ0v) is 10.5. The van der Waals surface area contributed by atoms with Crippen LogP contribution in [0.2, 0.25) is 0 Å². The topological polar surface area (TPSA) is 41.5 Å². The van der Waals surface area contributed by atoms with E-state index in [1.165, 1.54) is 0 Å². The van der Waals surface area contributed by atoms with Crippen LogP contribution in [0, 0.1) is 0 Å². The maximum absolute atomic E-state index is 11.7. The summed E-state index contributed by atoms with van der Waals surface area (Å²) in [5.74, 6) is 0.0109. The number of carbonyl (C=O) groups excluding carboxylic acids is 1. The Labute approximate surface area is 105 Å². The van der Waals surface area contributed by atoms with Gasteiger partial charge in [-0.3, -0.25) is 4.79 Å². The van der Waals surface area contributed by atoms with E-state index in [0.717, 1.165) is 11.3 Å². The third-order valence-corrected chi connectivity index (χ3v) is 2.90. The molecule has 0 aromatic heterocycles. The van der Waals surface area contributed by atoms with E-state index in [1.54, 1.807) is 6.92 Å². The summed E-state index contributed by atoms with van der Waals surface area (Å²) in [6, 6.07) is 9.36. The molecule has 1 aromatic carbocycles. The lowest BCUT2D eigenvalue weighted by molar-refractivity contribution is -0.113. The van der Waals surface area contributed by atoms with Crippen molar-refractivity contribution >= 4 is 22.7 Å². The van der Waals surface area contributed by atoms with Crippen LogP contribution in [0.3, 0.4) is 0 Å². The Balaban J connectivity index is 2.49. The molecular formula is C13H13ClN2O. The van der Waals surface area contributed by atoms with Gasteiger partial charge in [0, 0.05) is 11.3 Å². The van der Waals surface area contributed by atoms with E-state index in [-0.39, 0.29) is 11.8 Å². The molecule has 0 radical (unpaired) electrons. The number of amidine groups is 1. The minimum Gasteiger partial charge on any atom is -0.334 e. The number of halogens is 1. The molecule has 88 valence electrons. The van der Waals surface area contributed by atoms with E-state index in [4.69, 9.17) is 11.6 Å². The largest absolute Gasteiger partial charge is 0.334 e. The molecule has 17 heavy (non-hydrogen) atoms. The maximum Gasteiger partial charge on any atom is 0.196 e. The Kier molecular flexibility index (Phi) is 3.29. The van der Waals surface area contributed by atoms with Gasteiger partial charge in [0.15, 0.2) is 11.1 Å². The first kappa shape index (κ1) is 11.9. The molecule has 1 aromatic rings. The van der Waals surface area contributed by atoms with Gasteiger partial charge in [0.1, 0.15) is 6.04 Å². The monoisotopic (exact) mass is 248 g/mol. The Morgan fingerprint density at radius 1 is 1.35 bits per heavy atom. The highest BCUT2D eigenvalue weighted by atomic mass is 35.5. The highest BCUT2D eigenvalue weighted by molar-refractivity contribution is 6.65. The van der Waals surface area contributed by atoms with Crippen molar-refractivity contribution in [2.24, 2.45) is 4.99 Å². The van der Waals surface area contributed by atoms with Gasteiger partial charge in [-0.15, -0.1) is 0 Å². The number of carbonyl (C=O) groups is 1. The molecule has 1 heterocycles. The first-order valence-corrected chi connectivity index (χ1v) is 5.74. The molecule has 1 aliphatic heterocycles. The van der Waals surface area contributed by atoms with Gasteiger partial charge in [0.25, 0.3) is 0 Å². The van der Waals surface area contributed by atoms with Gasteiger partial charge in [0.2, 0.25) is 0 Å². The van der Waals surface area contributed by atoms with Gasteiger partial charge in [-0.2, -0.15) is 0 Å². The Bertz CT molecular complexity index is 505. The fourth-order valence-electron chi connectivity index (χ4n) is 1.97. The molecule has 4 heteroatoms. The average molecular weight is 249 g/mol. The molecule has 0 fully saturated rings. The maximum atomic E-state index is 11.7. The van der Waals surface area contributed by atoms with Gasteiger partial charge in [-0.05, 0) is 31.0 Å². The Morgan fingerprint density at radius 2 is 2.00 bits per heavy atom. The number of ketones is 1. The van der Waals surface area contributed by atoms with Crippen LogP contribution in [-0.2, 0) is 4.79 Å². The van der Waals surface area contributed by atoms with Crippen molar-refractivity contribution in [3.63, 3.8) is 0 Å². The van der Waals surface area contributed by atoms with Gasteiger partial charge in [0.05, 0.1) is 0 Å². The lowest BCUT2D eigenvalue weighted by Crippen LogP contribution is -2.27. The average Bonchev–Trinajstić information content (AvgIpc) is 2.28. The SMILES string of the molecule is CC(=O)C1=C(C)NC(Cl)=NC1c1ccccc1. The summed E-state index contributed by atoms with van der Waals surface area (Å²) in [6.07, 6.45) is 0. The molecule has 1 unspecified atom stereocenters. The molecule has 1 aliphatic rings. The number of allylic oxidation sites excluding steroid dienone is 1. The molecule has 1 N–H and O–H groups in total. The van der Waals surface area contributed by atoms with Gasteiger partial charge in [-0.1, -0.05) is 30.3 Å². The predicted molar refractivity (Wildman–Crippen MR) is 69.0 cm³/mol. The number of aliphatic imine (C=N–C) groups is 1. The van der Waals surface area contributed by atoms with Gasteiger partial charge in [-0.25, -0.2) is 4.99 Å². The quantitative estimate of drug-likeness (QED) is 0.818. The minimum atomic E-state index is -0.303. The van der Waals surface area contributed by atoms with Gasteiger partial charge >= 0.3 is 0 Å². The summed E-state index contributed by atoms with van der Waals surface area (Å²) >= 11 is 5.92. The third kappa shape index (κ3) is 2.39. The molecule has 0 saturated carbocycles. The van der Waals surface area contributed by atoms with Crippen LogP contribution in [0.1, 0.15) is 25.5 Å². The summed E-state index contributed by atoms with van der Waals surface area (Å²) < 4.78 is 0. The number of nitrogens with one attached hydrogen (secondary N) is 1.